The van der Waals surface area contributed by atoms with Crippen LogP contribution < -0.4 is 9.47 Å². The van der Waals surface area contributed by atoms with Crippen molar-refractivity contribution in [1.82, 2.24) is 0 Å². The summed E-state index contributed by atoms with van der Waals surface area (Å²) >= 11 is 0. The standard InChI is InChI=1S/C25H22O3/c1-24-16-20(17-12-14-19(27-2)15-13-17)23(18-8-4-3-5-9-18)25(24,26)21-10-6-7-11-22(21)28-24/h3-15,26H,16H2,1-2H3/t24-,25-/m0/s1. The van der Waals surface area contributed by atoms with Gasteiger partial charge in [0.1, 0.15) is 17.1 Å². The lowest BCUT2D eigenvalue weighted by Crippen LogP contribution is -2.46. The molecule has 5 rings (SSSR count). The van der Waals surface area contributed by atoms with Crippen LogP contribution in [0.15, 0.2) is 78.9 Å². The Morgan fingerprint density at radius 1 is 0.857 bits per heavy atom. The maximum atomic E-state index is 12.2. The molecule has 3 nitrogen and oxygen atoms in total. The van der Waals surface area contributed by atoms with E-state index >= 15 is 0 Å². The molecular weight excluding hydrogens is 348 g/mol. The number of benzene rings is 3. The maximum Gasteiger partial charge on any atom is 0.158 e. The van der Waals surface area contributed by atoms with E-state index in [1.165, 1.54) is 0 Å². The molecule has 0 bridgehead atoms. The van der Waals surface area contributed by atoms with Crippen LogP contribution in [0.4, 0.5) is 0 Å². The summed E-state index contributed by atoms with van der Waals surface area (Å²) in [6.07, 6.45) is 0.620. The van der Waals surface area contributed by atoms with E-state index in [1.54, 1.807) is 7.11 Å². The van der Waals surface area contributed by atoms with Crippen LogP contribution in [-0.4, -0.2) is 17.8 Å². The summed E-state index contributed by atoms with van der Waals surface area (Å²) in [7, 11) is 1.66. The van der Waals surface area contributed by atoms with Gasteiger partial charge < -0.3 is 14.6 Å². The fourth-order valence-corrected chi connectivity index (χ4v) is 4.69. The van der Waals surface area contributed by atoms with Crippen LogP contribution in [0.5, 0.6) is 11.5 Å². The van der Waals surface area contributed by atoms with E-state index in [0.29, 0.717) is 6.42 Å². The summed E-state index contributed by atoms with van der Waals surface area (Å²) in [5.41, 5.74) is 2.99. The van der Waals surface area contributed by atoms with Crippen molar-refractivity contribution in [3.8, 4) is 11.5 Å². The highest BCUT2D eigenvalue weighted by Crippen LogP contribution is 2.63. The number of methoxy groups -OCH3 is 1. The fraction of sp³-hybridized carbons (Fsp3) is 0.200. The van der Waals surface area contributed by atoms with Crippen molar-refractivity contribution in [2.24, 2.45) is 0 Å². The average molecular weight is 370 g/mol. The number of para-hydroxylation sites is 1. The molecule has 3 aromatic carbocycles. The first-order valence-electron chi connectivity index (χ1n) is 9.51. The van der Waals surface area contributed by atoms with Gasteiger partial charge in [-0.3, -0.25) is 0 Å². The molecule has 0 aromatic heterocycles. The first kappa shape index (κ1) is 17.1. The van der Waals surface area contributed by atoms with Crippen molar-refractivity contribution in [3.05, 3.63) is 95.6 Å². The lowest BCUT2D eigenvalue weighted by Gasteiger charge is -2.34. The molecule has 28 heavy (non-hydrogen) atoms. The van der Waals surface area contributed by atoms with Gasteiger partial charge in [0, 0.05) is 17.6 Å². The van der Waals surface area contributed by atoms with Gasteiger partial charge >= 0.3 is 0 Å². The highest BCUT2D eigenvalue weighted by molar-refractivity contribution is 6.00. The second kappa shape index (κ2) is 5.98. The number of hydrogen-bond donors (Lipinski definition) is 1. The molecule has 0 radical (unpaired) electrons. The van der Waals surface area contributed by atoms with E-state index in [9.17, 15) is 5.11 Å². The van der Waals surface area contributed by atoms with Gasteiger partial charge in [0.15, 0.2) is 5.60 Å². The van der Waals surface area contributed by atoms with Crippen molar-refractivity contribution in [1.29, 1.82) is 0 Å². The summed E-state index contributed by atoms with van der Waals surface area (Å²) < 4.78 is 11.7. The minimum Gasteiger partial charge on any atom is -0.497 e. The second-order valence-electron chi connectivity index (χ2n) is 7.66. The molecule has 0 amide bonds. The third-order valence-corrected chi connectivity index (χ3v) is 6.06. The molecule has 140 valence electrons. The Bertz CT molecular complexity index is 1070. The van der Waals surface area contributed by atoms with Crippen LogP contribution in [0.1, 0.15) is 30.0 Å². The zero-order chi connectivity index (χ0) is 19.4. The Morgan fingerprint density at radius 3 is 2.25 bits per heavy atom. The Morgan fingerprint density at radius 2 is 1.54 bits per heavy atom. The number of hydrogen-bond acceptors (Lipinski definition) is 3. The molecule has 1 aliphatic heterocycles. The molecule has 1 heterocycles. The van der Waals surface area contributed by atoms with Gasteiger partial charge in [-0.1, -0.05) is 60.7 Å². The van der Waals surface area contributed by atoms with Crippen LogP contribution in [-0.2, 0) is 5.60 Å². The molecule has 3 aromatic rings. The van der Waals surface area contributed by atoms with E-state index in [0.717, 1.165) is 39.3 Å². The summed E-state index contributed by atoms with van der Waals surface area (Å²) in [5, 5.41) is 12.2. The quantitative estimate of drug-likeness (QED) is 0.701. The van der Waals surface area contributed by atoms with Crippen molar-refractivity contribution < 1.29 is 14.6 Å². The molecule has 0 fully saturated rings. The monoisotopic (exact) mass is 370 g/mol. The van der Waals surface area contributed by atoms with E-state index in [1.807, 2.05) is 61.5 Å². The Labute approximate surface area is 164 Å². The topological polar surface area (TPSA) is 38.7 Å². The van der Waals surface area contributed by atoms with Crippen molar-refractivity contribution in [2.45, 2.75) is 24.5 Å². The number of ether oxygens (including phenoxy) is 2. The van der Waals surface area contributed by atoms with Crippen molar-refractivity contribution in [3.63, 3.8) is 0 Å². The Kier molecular flexibility index (Phi) is 3.65. The highest BCUT2D eigenvalue weighted by Gasteiger charge is 2.63. The third kappa shape index (κ3) is 2.20. The molecular formula is C25H22O3. The largest absolute Gasteiger partial charge is 0.497 e. The Balaban J connectivity index is 1.79. The molecule has 1 aliphatic carbocycles. The van der Waals surface area contributed by atoms with E-state index in [-0.39, 0.29) is 0 Å². The van der Waals surface area contributed by atoms with Gasteiger partial charge in [-0.15, -0.1) is 0 Å². The SMILES string of the molecule is COc1ccc(C2=C(c3ccccc3)[C@@]3(O)c4ccccc4O[C@@]3(C)C2)cc1. The third-order valence-electron chi connectivity index (χ3n) is 6.06. The molecule has 0 saturated heterocycles. The van der Waals surface area contributed by atoms with Crippen molar-refractivity contribution in [2.75, 3.05) is 7.11 Å². The van der Waals surface area contributed by atoms with Crippen LogP contribution in [0.25, 0.3) is 11.1 Å². The van der Waals surface area contributed by atoms with Gasteiger partial charge in [-0.25, -0.2) is 0 Å². The van der Waals surface area contributed by atoms with Gasteiger partial charge in [0.2, 0.25) is 0 Å². The minimum atomic E-state index is -1.21. The maximum absolute atomic E-state index is 12.2. The summed E-state index contributed by atoms with van der Waals surface area (Å²) in [5.74, 6) is 1.57. The zero-order valence-electron chi connectivity index (χ0n) is 16.0. The van der Waals surface area contributed by atoms with Crippen molar-refractivity contribution >= 4 is 11.1 Å². The summed E-state index contributed by atoms with van der Waals surface area (Å²) in [4.78, 5) is 0. The van der Waals surface area contributed by atoms with Crippen LogP contribution >= 0.6 is 0 Å². The van der Waals surface area contributed by atoms with E-state index in [2.05, 4.69) is 24.3 Å². The zero-order valence-corrected chi connectivity index (χ0v) is 16.0. The first-order chi connectivity index (χ1) is 13.6. The van der Waals surface area contributed by atoms with Gasteiger partial charge in [0.25, 0.3) is 0 Å². The molecule has 2 aliphatic rings. The predicted octanol–water partition coefficient (Wildman–Crippen LogP) is 5.05. The fourth-order valence-electron chi connectivity index (χ4n) is 4.69. The molecule has 0 unspecified atom stereocenters. The smallest absolute Gasteiger partial charge is 0.158 e. The van der Waals surface area contributed by atoms with Crippen LogP contribution in [0.3, 0.4) is 0 Å². The van der Waals surface area contributed by atoms with E-state index < -0.39 is 11.2 Å². The van der Waals surface area contributed by atoms with Gasteiger partial charge in [-0.2, -0.15) is 0 Å². The minimum absolute atomic E-state index is 0.620. The molecule has 0 saturated carbocycles. The van der Waals surface area contributed by atoms with Gasteiger partial charge in [-0.05, 0) is 41.8 Å². The van der Waals surface area contributed by atoms with E-state index in [4.69, 9.17) is 9.47 Å². The lowest BCUT2D eigenvalue weighted by atomic mass is 9.77. The highest BCUT2D eigenvalue weighted by atomic mass is 16.5. The number of rotatable bonds is 3. The predicted molar refractivity (Wildman–Crippen MR) is 110 cm³/mol. The van der Waals surface area contributed by atoms with Gasteiger partial charge in [0.05, 0.1) is 7.11 Å². The molecule has 0 spiro atoms. The molecule has 1 N–H and O–H groups in total. The number of aliphatic hydroxyl groups is 1. The Hall–Kier alpha value is -3.04. The second-order valence-corrected chi connectivity index (χ2v) is 7.66. The average Bonchev–Trinajstić information content (AvgIpc) is 3.10. The summed E-state index contributed by atoms with van der Waals surface area (Å²) in [6.45, 7) is 2.01. The lowest BCUT2D eigenvalue weighted by molar-refractivity contribution is -0.0516. The molecule has 2 atom stereocenters. The first-order valence-corrected chi connectivity index (χ1v) is 9.51. The normalized spacial score (nSPS) is 25.2. The molecule has 3 heteroatoms. The van der Waals surface area contributed by atoms with Crippen LogP contribution in [0.2, 0.25) is 0 Å². The van der Waals surface area contributed by atoms with Crippen LogP contribution in [0, 0.1) is 0 Å². The number of fused-ring (bicyclic) bond motifs is 3. The summed E-state index contributed by atoms with van der Waals surface area (Å²) in [6, 6.07) is 26.0.